The van der Waals surface area contributed by atoms with E-state index in [4.69, 9.17) is 16.3 Å². The fourth-order valence-electron chi connectivity index (χ4n) is 3.21. The number of ether oxygens (including phenoxy) is 1. The van der Waals surface area contributed by atoms with Gasteiger partial charge in [0.25, 0.3) is 0 Å². The fourth-order valence-corrected chi connectivity index (χ4v) is 5.22. The van der Waals surface area contributed by atoms with Crippen LogP contribution in [-0.4, -0.2) is 31.0 Å². The van der Waals surface area contributed by atoms with Crippen LogP contribution >= 0.6 is 11.6 Å². The van der Waals surface area contributed by atoms with Gasteiger partial charge < -0.3 is 4.74 Å². The summed E-state index contributed by atoms with van der Waals surface area (Å²) in [5, 5.41) is 0. The van der Waals surface area contributed by atoms with Gasteiger partial charge in [-0.1, -0.05) is 35.9 Å². The number of fused-ring (bicyclic) bond motifs is 2. The van der Waals surface area contributed by atoms with Crippen LogP contribution in [0.3, 0.4) is 0 Å². The van der Waals surface area contributed by atoms with Crippen LogP contribution in [0.4, 0.5) is 0 Å². The summed E-state index contributed by atoms with van der Waals surface area (Å²) in [6, 6.07) is 10.4. The van der Waals surface area contributed by atoms with E-state index in [9.17, 15) is 18.0 Å². The minimum atomic E-state index is -4.01. The Hall–Kier alpha value is -2.02. The molecule has 2 aliphatic rings. The maximum absolute atomic E-state index is 12.8. The molecule has 2 aromatic carbocycles. The van der Waals surface area contributed by atoms with Crippen molar-refractivity contribution >= 4 is 33.0 Å². The predicted molar refractivity (Wildman–Crippen MR) is 90.7 cm³/mol. The van der Waals surface area contributed by atoms with Gasteiger partial charge in [-0.15, -0.1) is 0 Å². The molecule has 4 rings (SSSR count). The summed E-state index contributed by atoms with van der Waals surface area (Å²) in [7, 11) is -4.01. The topological polar surface area (TPSA) is 77.5 Å². The highest BCUT2D eigenvalue weighted by Gasteiger charge is 2.47. The van der Waals surface area contributed by atoms with E-state index >= 15 is 0 Å². The van der Waals surface area contributed by atoms with E-state index in [0.29, 0.717) is 12.0 Å². The molecule has 0 aromatic heterocycles. The Morgan fingerprint density at radius 3 is 2.12 bits per heavy atom. The molecular weight excluding hydrogens is 364 g/mol. The number of halogens is 1. The molecule has 1 aliphatic heterocycles. The number of sulfone groups is 1. The average molecular weight is 377 g/mol. The molecule has 5 nitrogen and oxygen atoms in total. The SMILES string of the molecule is O=C1c2ccccc2C(=O)c2cc(S(=O)(=O)C3(Cl)CCCO3)ccc21. The van der Waals surface area contributed by atoms with Gasteiger partial charge in [0.05, 0.1) is 11.5 Å². The highest BCUT2D eigenvalue weighted by atomic mass is 35.5. The summed E-state index contributed by atoms with van der Waals surface area (Å²) in [4.78, 5) is 25.2. The lowest BCUT2D eigenvalue weighted by Crippen LogP contribution is -2.32. The number of alkyl halides is 1. The van der Waals surface area contributed by atoms with Crippen LogP contribution in [-0.2, 0) is 14.6 Å². The van der Waals surface area contributed by atoms with Gasteiger partial charge in [0.2, 0.25) is 14.2 Å². The molecule has 1 aliphatic carbocycles. The van der Waals surface area contributed by atoms with Gasteiger partial charge in [-0.3, -0.25) is 9.59 Å². The molecule has 2 aromatic rings. The number of carbonyl (C=O) groups excluding carboxylic acids is 2. The van der Waals surface area contributed by atoms with Crippen molar-refractivity contribution in [2.75, 3.05) is 6.61 Å². The van der Waals surface area contributed by atoms with Crippen molar-refractivity contribution in [3.05, 3.63) is 64.7 Å². The summed E-state index contributed by atoms with van der Waals surface area (Å²) < 4.78 is 29.1. The molecular formula is C18H13ClO5S. The molecule has 25 heavy (non-hydrogen) atoms. The molecule has 0 radical (unpaired) electrons. The number of hydrogen-bond acceptors (Lipinski definition) is 5. The summed E-state index contributed by atoms with van der Waals surface area (Å²) in [5.41, 5.74) is 0.859. The molecule has 0 amide bonds. The third-order valence-electron chi connectivity index (χ3n) is 4.55. The normalized spacial score (nSPS) is 22.6. The Bertz CT molecular complexity index is 1020. The van der Waals surface area contributed by atoms with Crippen LogP contribution in [0.2, 0.25) is 0 Å². The second-order valence-electron chi connectivity index (χ2n) is 6.03. The van der Waals surface area contributed by atoms with E-state index in [1.165, 1.54) is 18.2 Å². The number of benzene rings is 2. The van der Waals surface area contributed by atoms with Crippen LogP contribution < -0.4 is 0 Å². The van der Waals surface area contributed by atoms with Crippen molar-refractivity contribution in [3.63, 3.8) is 0 Å². The molecule has 0 bridgehead atoms. The van der Waals surface area contributed by atoms with Crippen molar-refractivity contribution < 1.29 is 22.7 Å². The maximum atomic E-state index is 12.8. The first-order valence-corrected chi connectivity index (χ1v) is 9.61. The lowest BCUT2D eigenvalue weighted by atomic mass is 9.84. The van der Waals surface area contributed by atoms with Gasteiger partial charge in [-0.2, -0.15) is 0 Å². The first-order valence-electron chi connectivity index (χ1n) is 7.75. The number of carbonyl (C=O) groups is 2. The molecule has 7 heteroatoms. The third-order valence-corrected chi connectivity index (χ3v) is 7.45. The number of rotatable bonds is 2. The third kappa shape index (κ3) is 2.28. The molecule has 0 saturated carbocycles. The minimum absolute atomic E-state index is 0.0723. The van der Waals surface area contributed by atoms with Gasteiger partial charge in [0.1, 0.15) is 0 Å². The summed E-state index contributed by atoms with van der Waals surface area (Å²) >= 11 is 6.16. The smallest absolute Gasteiger partial charge is 0.248 e. The molecule has 0 spiro atoms. The van der Waals surface area contributed by atoms with E-state index in [0.717, 1.165) is 0 Å². The van der Waals surface area contributed by atoms with Crippen molar-refractivity contribution in [2.24, 2.45) is 0 Å². The molecule has 0 N–H and O–H groups in total. The summed E-state index contributed by atoms with van der Waals surface area (Å²) in [6.07, 6.45) is 0.710. The van der Waals surface area contributed by atoms with E-state index < -0.39 is 14.2 Å². The zero-order valence-electron chi connectivity index (χ0n) is 13.0. The highest BCUT2D eigenvalue weighted by molar-refractivity contribution is 7.94. The predicted octanol–water partition coefficient (Wildman–Crippen LogP) is 2.94. The lowest BCUT2D eigenvalue weighted by Gasteiger charge is -2.22. The standard InChI is InChI=1S/C18H13ClO5S/c19-18(8-3-9-24-18)25(22,23)11-6-7-14-15(10-11)17(21)13-5-2-1-4-12(13)16(14)20/h1-2,4-7,10H,3,8-9H2. The van der Waals surface area contributed by atoms with E-state index in [1.807, 2.05) is 0 Å². The van der Waals surface area contributed by atoms with Crippen LogP contribution in [0.25, 0.3) is 0 Å². The molecule has 1 unspecified atom stereocenters. The van der Waals surface area contributed by atoms with Crippen LogP contribution in [0.15, 0.2) is 47.4 Å². The average Bonchev–Trinajstić information content (AvgIpc) is 3.07. The monoisotopic (exact) mass is 376 g/mol. The largest absolute Gasteiger partial charge is 0.346 e. The van der Waals surface area contributed by atoms with Gasteiger partial charge in [0, 0.05) is 28.7 Å². The number of hydrogen-bond donors (Lipinski definition) is 0. The Morgan fingerprint density at radius 2 is 1.52 bits per heavy atom. The second-order valence-corrected chi connectivity index (χ2v) is 9.00. The Morgan fingerprint density at radius 1 is 0.920 bits per heavy atom. The zero-order chi connectivity index (χ0) is 17.8. The van der Waals surface area contributed by atoms with E-state index in [2.05, 4.69) is 0 Å². The van der Waals surface area contributed by atoms with Crippen molar-refractivity contribution in [2.45, 2.75) is 22.1 Å². The molecule has 128 valence electrons. The first kappa shape index (κ1) is 16.4. The van der Waals surface area contributed by atoms with Crippen molar-refractivity contribution in [1.82, 2.24) is 0 Å². The van der Waals surface area contributed by atoms with E-state index in [1.54, 1.807) is 24.3 Å². The van der Waals surface area contributed by atoms with Gasteiger partial charge >= 0.3 is 0 Å². The van der Waals surface area contributed by atoms with E-state index in [-0.39, 0.29) is 46.2 Å². The molecule has 1 heterocycles. The molecule has 1 fully saturated rings. The Kier molecular flexibility index (Phi) is 3.61. The zero-order valence-corrected chi connectivity index (χ0v) is 14.6. The van der Waals surface area contributed by atoms with Gasteiger partial charge in [-0.05, 0) is 24.6 Å². The van der Waals surface area contributed by atoms with Gasteiger partial charge in [-0.25, -0.2) is 8.42 Å². The van der Waals surface area contributed by atoms with Crippen molar-refractivity contribution in [1.29, 1.82) is 0 Å². The minimum Gasteiger partial charge on any atom is -0.346 e. The van der Waals surface area contributed by atoms with Crippen molar-refractivity contribution in [3.8, 4) is 0 Å². The summed E-state index contributed by atoms with van der Waals surface area (Å²) in [6.45, 7) is 0.262. The fraction of sp³-hybridized carbons (Fsp3) is 0.222. The van der Waals surface area contributed by atoms with Crippen LogP contribution in [0, 0.1) is 0 Å². The lowest BCUT2D eigenvalue weighted by molar-refractivity contribution is 0.0979. The maximum Gasteiger partial charge on any atom is 0.248 e. The Balaban J connectivity index is 1.86. The highest BCUT2D eigenvalue weighted by Crippen LogP contribution is 2.40. The Labute approximate surface area is 149 Å². The van der Waals surface area contributed by atoms with Crippen LogP contribution in [0.5, 0.6) is 0 Å². The number of ketones is 2. The van der Waals surface area contributed by atoms with Crippen LogP contribution in [0.1, 0.15) is 44.7 Å². The molecule has 1 atom stereocenters. The molecule has 1 saturated heterocycles. The second kappa shape index (κ2) is 5.49. The summed E-state index contributed by atoms with van der Waals surface area (Å²) in [5.74, 6) is -0.676. The van der Waals surface area contributed by atoms with Gasteiger partial charge in [0.15, 0.2) is 11.6 Å². The quantitative estimate of drug-likeness (QED) is 0.642. The first-order chi connectivity index (χ1) is 11.8.